The number of hydrogen-bond donors (Lipinski definition) is 1. The minimum absolute atomic E-state index is 0.252. The second kappa shape index (κ2) is 8.90. The van der Waals surface area contributed by atoms with Crippen LogP contribution in [-0.2, 0) is 20.2 Å². The number of benzene rings is 1. The minimum Gasteiger partial charge on any atom is -0.297 e. The normalized spacial score (nSPS) is 23.1. The fraction of sp³-hybridized carbons (Fsp3) is 0.625. The summed E-state index contributed by atoms with van der Waals surface area (Å²) in [5.41, 5.74) is 1.18. The smallest absolute Gasteiger partial charge is 0.297 e. The largest absolute Gasteiger partial charge is 0.405 e. The van der Waals surface area contributed by atoms with Gasteiger partial charge in [-0.15, -0.1) is 0 Å². The highest BCUT2D eigenvalue weighted by molar-refractivity contribution is 7.51. The summed E-state index contributed by atoms with van der Waals surface area (Å²) in [6, 6.07) is 9.50. The van der Waals surface area contributed by atoms with Gasteiger partial charge in [0.25, 0.3) is 0 Å². The number of nitrogens with one attached hydrogen (secondary N) is 1. The molecular formula is C16H26FN2O3P. The molecule has 0 bridgehead atoms. The molecule has 130 valence electrons. The molecule has 7 heteroatoms. The van der Waals surface area contributed by atoms with Crippen LogP contribution in [-0.4, -0.2) is 43.4 Å². The van der Waals surface area contributed by atoms with Crippen LogP contribution in [0.15, 0.2) is 30.3 Å². The van der Waals surface area contributed by atoms with E-state index in [1.165, 1.54) is 5.56 Å². The fourth-order valence-electron chi connectivity index (χ4n) is 2.75. The zero-order valence-corrected chi connectivity index (χ0v) is 14.7. The first-order valence-electron chi connectivity index (χ1n) is 8.13. The Morgan fingerprint density at radius 3 is 2.52 bits per heavy atom. The molecule has 0 saturated carbocycles. The molecule has 0 amide bonds. The lowest BCUT2D eigenvalue weighted by Gasteiger charge is -2.36. The van der Waals surface area contributed by atoms with Gasteiger partial charge in [-0.2, -0.15) is 0 Å². The molecule has 1 aliphatic heterocycles. The quantitative estimate of drug-likeness (QED) is 0.733. The Bertz CT molecular complexity index is 507. The maximum Gasteiger partial charge on any atom is 0.405 e. The van der Waals surface area contributed by atoms with Crippen LogP contribution in [0.2, 0.25) is 0 Å². The lowest BCUT2D eigenvalue weighted by atomic mass is 10.0. The van der Waals surface area contributed by atoms with Gasteiger partial charge in [-0.1, -0.05) is 30.3 Å². The molecule has 1 aromatic rings. The number of hydrogen-bond acceptors (Lipinski definition) is 4. The van der Waals surface area contributed by atoms with Gasteiger partial charge in [-0.05, 0) is 25.8 Å². The molecule has 2 atom stereocenters. The van der Waals surface area contributed by atoms with Crippen molar-refractivity contribution in [3.63, 3.8) is 0 Å². The zero-order valence-electron chi connectivity index (χ0n) is 13.8. The predicted octanol–water partition coefficient (Wildman–Crippen LogP) is 3.37. The van der Waals surface area contributed by atoms with Crippen LogP contribution in [0.4, 0.5) is 4.39 Å². The first kappa shape index (κ1) is 18.6. The van der Waals surface area contributed by atoms with Gasteiger partial charge in [0.1, 0.15) is 6.17 Å². The Morgan fingerprint density at radius 1 is 1.26 bits per heavy atom. The summed E-state index contributed by atoms with van der Waals surface area (Å²) in [5, 5.41) is 2.79. The number of alkyl halides is 1. The molecule has 23 heavy (non-hydrogen) atoms. The van der Waals surface area contributed by atoms with Crippen LogP contribution in [0.25, 0.3) is 0 Å². The van der Waals surface area contributed by atoms with Gasteiger partial charge in [0.2, 0.25) is 0 Å². The van der Waals surface area contributed by atoms with Crippen molar-refractivity contribution in [1.29, 1.82) is 0 Å². The Balaban J connectivity index is 1.98. The van der Waals surface area contributed by atoms with E-state index in [0.717, 1.165) is 6.54 Å². The number of piperidine rings is 1. The molecule has 2 rings (SSSR count). The Hall–Kier alpha value is -0.780. The van der Waals surface area contributed by atoms with Gasteiger partial charge in [-0.25, -0.2) is 14.0 Å². The summed E-state index contributed by atoms with van der Waals surface area (Å²) in [6.45, 7) is 5.89. The first-order valence-corrected chi connectivity index (χ1v) is 9.68. The van der Waals surface area contributed by atoms with Gasteiger partial charge in [0.15, 0.2) is 0 Å². The van der Waals surface area contributed by atoms with Gasteiger partial charge in [0, 0.05) is 19.6 Å². The van der Waals surface area contributed by atoms with Crippen molar-refractivity contribution in [1.82, 2.24) is 9.99 Å². The number of halogens is 1. The molecule has 1 heterocycles. The van der Waals surface area contributed by atoms with E-state index in [1.807, 2.05) is 18.2 Å². The molecule has 0 spiro atoms. The van der Waals surface area contributed by atoms with E-state index in [1.54, 1.807) is 13.8 Å². The molecular weight excluding hydrogens is 318 g/mol. The number of rotatable bonds is 8. The fourth-order valence-corrected chi connectivity index (χ4v) is 4.31. The van der Waals surface area contributed by atoms with E-state index in [4.69, 9.17) is 9.05 Å². The maximum absolute atomic E-state index is 14.2. The van der Waals surface area contributed by atoms with Crippen molar-refractivity contribution >= 4 is 7.75 Å². The summed E-state index contributed by atoms with van der Waals surface area (Å²) < 4.78 is 37.2. The van der Waals surface area contributed by atoms with Crippen LogP contribution in [0.1, 0.15) is 25.8 Å². The highest BCUT2D eigenvalue weighted by Crippen LogP contribution is 2.44. The van der Waals surface area contributed by atoms with Gasteiger partial charge in [0.05, 0.1) is 19.3 Å². The van der Waals surface area contributed by atoms with Crippen LogP contribution in [0, 0.1) is 0 Å². The second-order valence-corrected chi connectivity index (χ2v) is 7.36. The molecule has 1 fully saturated rings. The van der Waals surface area contributed by atoms with Crippen molar-refractivity contribution in [2.75, 3.05) is 26.3 Å². The minimum atomic E-state index is -3.45. The molecule has 0 radical (unpaired) electrons. The summed E-state index contributed by atoms with van der Waals surface area (Å²) >= 11 is 0. The number of nitrogens with zero attached hydrogens (tertiary/aromatic N) is 1. The zero-order chi connectivity index (χ0) is 16.7. The summed E-state index contributed by atoms with van der Waals surface area (Å²) in [7, 11) is -3.45. The average molecular weight is 344 g/mol. The molecule has 1 aliphatic rings. The van der Waals surface area contributed by atoms with Crippen LogP contribution >= 0.6 is 7.75 Å². The van der Waals surface area contributed by atoms with E-state index in [0.29, 0.717) is 19.5 Å². The third-order valence-corrected chi connectivity index (χ3v) is 5.63. The van der Waals surface area contributed by atoms with Crippen LogP contribution < -0.4 is 5.09 Å². The topological polar surface area (TPSA) is 50.8 Å². The summed E-state index contributed by atoms with van der Waals surface area (Å²) in [5.74, 6) is 0. The van der Waals surface area contributed by atoms with Crippen molar-refractivity contribution in [2.45, 2.75) is 39.0 Å². The SMILES string of the molecule is CCOP(=O)(N[C@H]1CN(Cc2ccccc2)CC[C@@H]1F)OCC. The average Bonchev–Trinajstić information content (AvgIpc) is 2.52. The van der Waals surface area contributed by atoms with Gasteiger partial charge in [-0.3, -0.25) is 13.9 Å². The Kier molecular flexibility index (Phi) is 7.18. The molecule has 0 aromatic heterocycles. The van der Waals surface area contributed by atoms with Gasteiger partial charge < -0.3 is 0 Å². The summed E-state index contributed by atoms with van der Waals surface area (Å²) in [4.78, 5) is 2.16. The highest BCUT2D eigenvalue weighted by Gasteiger charge is 2.36. The van der Waals surface area contributed by atoms with E-state index in [2.05, 4.69) is 22.1 Å². The van der Waals surface area contributed by atoms with Crippen LogP contribution in [0.3, 0.4) is 0 Å². The van der Waals surface area contributed by atoms with Crippen molar-refractivity contribution in [3.05, 3.63) is 35.9 Å². The lowest BCUT2D eigenvalue weighted by molar-refractivity contribution is 0.105. The van der Waals surface area contributed by atoms with Crippen molar-refractivity contribution < 1.29 is 18.0 Å². The van der Waals surface area contributed by atoms with E-state index < -0.39 is 20.0 Å². The van der Waals surface area contributed by atoms with E-state index in [9.17, 15) is 8.96 Å². The standard InChI is InChI=1S/C16H26FN2O3P/c1-3-21-23(20,22-4-2)18-16-13-19(11-10-15(16)17)12-14-8-6-5-7-9-14/h5-9,15-16H,3-4,10-13H2,1-2H3,(H,18,20)/t15-,16-/m0/s1. The van der Waals surface area contributed by atoms with E-state index in [-0.39, 0.29) is 13.2 Å². The number of likely N-dealkylation sites (tertiary alicyclic amines) is 1. The van der Waals surface area contributed by atoms with Crippen molar-refractivity contribution in [2.24, 2.45) is 0 Å². The molecule has 1 saturated heterocycles. The third kappa shape index (κ3) is 5.66. The van der Waals surface area contributed by atoms with Gasteiger partial charge >= 0.3 is 7.75 Å². The third-order valence-electron chi connectivity index (χ3n) is 3.78. The maximum atomic E-state index is 14.2. The molecule has 1 aromatic carbocycles. The molecule has 5 nitrogen and oxygen atoms in total. The highest BCUT2D eigenvalue weighted by atomic mass is 31.2. The molecule has 0 unspecified atom stereocenters. The predicted molar refractivity (Wildman–Crippen MR) is 89.0 cm³/mol. The Morgan fingerprint density at radius 2 is 1.91 bits per heavy atom. The van der Waals surface area contributed by atoms with E-state index >= 15 is 0 Å². The van der Waals surface area contributed by atoms with Crippen LogP contribution in [0.5, 0.6) is 0 Å². The lowest BCUT2D eigenvalue weighted by Crippen LogP contribution is -2.51. The molecule has 1 N–H and O–H groups in total. The monoisotopic (exact) mass is 344 g/mol. The molecule has 0 aliphatic carbocycles. The summed E-state index contributed by atoms with van der Waals surface area (Å²) in [6.07, 6.45) is -0.654. The second-order valence-electron chi connectivity index (χ2n) is 5.59. The van der Waals surface area contributed by atoms with Crippen molar-refractivity contribution in [3.8, 4) is 0 Å². The Labute approximate surface area is 137 Å². The first-order chi connectivity index (χ1) is 11.1.